The molecule has 0 aliphatic carbocycles. The molecule has 0 heterocycles. The van der Waals surface area contributed by atoms with Gasteiger partial charge in [-0.3, -0.25) is 0 Å². The van der Waals surface area contributed by atoms with E-state index in [2.05, 4.69) is 100 Å². The van der Waals surface area contributed by atoms with Crippen molar-refractivity contribution in [1.29, 1.82) is 0 Å². The smallest absolute Gasteiger partial charge is 0.124 e. The van der Waals surface area contributed by atoms with E-state index in [4.69, 9.17) is 0 Å². The summed E-state index contributed by atoms with van der Waals surface area (Å²) >= 11 is 3.00. The third-order valence-electron chi connectivity index (χ3n) is 5.00. The van der Waals surface area contributed by atoms with Crippen LogP contribution in [0.5, 0.6) is 0 Å². The second kappa shape index (κ2) is 6.83. The highest BCUT2D eigenvalue weighted by Crippen LogP contribution is 2.32. The lowest BCUT2D eigenvalue weighted by atomic mass is 9.89. The lowest BCUT2D eigenvalue weighted by molar-refractivity contribution is 1.32. The number of benzene rings is 3. The Morgan fingerprint density at radius 1 is 0.560 bits per heavy atom. The normalized spacial score (nSPS) is 11.0. The van der Waals surface area contributed by atoms with Gasteiger partial charge in [0.25, 0.3) is 0 Å². The molecule has 0 aromatic heterocycles. The Balaban J connectivity index is 2.28. The molecular weight excluding hydrogens is 315 g/mol. The molecule has 25 heavy (non-hydrogen) atoms. The van der Waals surface area contributed by atoms with Gasteiger partial charge in [0.2, 0.25) is 0 Å². The summed E-state index contributed by atoms with van der Waals surface area (Å²) < 4.78 is 1.28. The van der Waals surface area contributed by atoms with Crippen molar-refractivity contribution in [2.45, 2.75) is 41.5 Å². The van der Waals surface area contributed by atoms with Gasteiger partial charge < -0.3 is 0 Å². The molecule has 124 valence electrons. The topological polar surface area (TPSA) is 0 Å². The van der Waals surface area contributed by atoms with Crippen LogP contribution >= 0.6 is 0 Å². The molecular formula is C24H25Al. The van der Waals surface area contributed by atoms with Gasteiger partial charge in [0.15, 0.2) is 16.3 Å². The summed E-state index contributed by atoms with van der Waals surface area (Å²) in [7, 11) is 0. The predicted molar refractivity (Wildman–Crippen MR) is 111 cm³/mol. The molecule has 0 fully saturated rings. The van der Waals surface area contributed by atoms with Crippen molar-refractivity contribution < 1.29 is 0 Å². The maximum absolute atomic E-state index is 3.00. The first-order valence-corrected chi connectivity index (χ1v) is 9.42. The molecule has 0 bridgehead atoms. The SMILES string of the molecule is Cc1cc(C)c(-c2cccc(-c3c(C)cc(C)cc3C)[c]2[Al])c(C)c1. The van der Waals surface area contributed by atoms with Crippen LogP contribution in [0.3, 0.4) is 0 Å². The van der Waals surface area contributed by atoms with E-state index in [1.807, 2.05) is 0 Å². The first-order chi connectivity index (χ1) is 11.8. The summed E-state index contributed by atoms with van der Waals surface area (Å²) in [6, 6.07) is 15.8. The second-order valence-electron chi connectivity index (χ2n) is 7.31. The first-order valence-electron chi connectivity index (χ1n) is 8.84. The second-order valence-corrected chi connectivity index (χ2v) is 7.89. The Hall–Kier alpha value is -1.81. The zero-order chi connectivity index (χ0) is 18.3. The quantitative estimate of drug-likeness (QED) is 0.528. The van der Waals surface area contributed by atoms with E-state index in [1.54, 1.807) is 0 Å². The van der Waals surface area contributed by atoms with Gasteiger partial charge >= 0.3 is 0 Å². The number of hydrogen-bond donors (Lipinski definition) is 0. The molecule has 0 saturated carbocycles. The minimum absolute atomic E-state index is 1.28. The van der Waals surface area contributed by atoms with Gasteiger partial charge in [0.1, 0.15) is 0 Å². The van der Waals surface area contributed by atoms with Crippen LogP contribution in [-0.2, 0) is 0 Å². The van der Waals surface area contributed by atoms with E-state index in [-0.39, 0.29) is 0 Å². The molecule has 0 saturated heterocycles. The molecule has 0 aliphatic rings. The number of hydrogen-bond acceptors (Lipinski definition) is 0. The Labute approximate surface area is 160 Å². The lowest BCUT2D eigenvalue weighted by Gasteiger charge is -2.20. The summed E-state index contributed by atoms with van der Waals surface area (Å²) in [4.78, 5) is 0. The van der Waals surface area contributed by atoms with Gasteiger partial charge in [-0.05, 0) is 86.1 Å². The zero-order valence-corrected chi connectivity index (χ0v) is 17.3. The maximum atomic E-state index is 3.00. The van der Waals surface area contributed by atoms with Gasteiger partial charge in [-0.1, -0.05) is 53.6 Å². The van der Waals surface area contributed by atoms with Gasteiger partial charge in [-0.25, -0.2) is 0 Å². The third-order valence-corrected chi connectivity index (χ3v) is 5.62. The van der Waals surface area contributed by atoms with Crippen molar-refractivity contribution in [2.24, 2.45) is 0 Å². The van der Waals surface area contributed by atoms with E-state index >= 15 is 0 Å². The summed E-state index contributed by atoms with van der Waals surface area (Å²) in [5.74, 6) is 0. The van der Waals surface area contributed by atoms with Crippen LogP contribution in [0, 0.1) is 41.5 Å². The van der Waals surface area contributed by atoms with Crippen molar-refractivity contribution in [1.82, 2.24) is 0 Å². The van der Waals surface area contributed by atoms with Crippen molar-refractivity contribution in [3.05, 3.63) is 75.8 Å². The Morgan fingerprint density at radius 3 is 1.20 bits per heavy atom. The molecule has 0 N–H and O–H groups in total. The highest BCUT2D eigenvalue weighted by molar-refractivity contribution is 6.39. The summed E-state index contributed by atoms with van der Waals surface area (Å²) in [5.41, 5.74) is 13.4. The van der Waals surface area contributed by atoms with Gasteiger partial charge in [0.05, 0.1) is 0 Å². The van der Waals surface area contributed by atoms with Crippen molar-refractivity contribution in [3.63, 3.8) is 0 Å². The van der Waals surface area contributed by atoms with Crippen LogP contribution < -0.4 is 4.43 Å². The van der Waals surface area contributed by atoms with Crippen molar-refractivity contribution in [2.75, 3.05) is 0 Å². The van der Waals surface area contributed by atoms with Gasteiger partial charge in [-0.15, -0.1) is 4.43 Å². The predicted octanol–water partition coefficient (Wildman–Crippen LogP) is 5.66. The molecule has 3 rings (SSSR count). The molecule has 0 aliphatic heterocycles. The Morgan fingerprint density at radius 2 is 0.880 bits per heavy atom. The van der Waals surface area contributed by atoms with E-state index in [1.165, 1.54) is 60.1 Å². The summed E-state index contributed by atoms with van der Waals surface area (Å²) in [6.45, 7) is 13.2. The van der Waals surface area contributed by atoms with Crippen LogP contribution in [0.1, 0.15) is 33.4 Å². The molecule has 3 aromatic carbocycles. The molecule has 1 heteroatoms. The van der Waals surface area contributed by atoms with Gasteiger partial charge in [-0.2, -0.15) is 0 Å². The highest BCUT2D eigenvalue weighted by Gasteiger charge is 2.14. The average Bonchev–Trinajstić information content (AvgIpc) is 2.48. The maximum Gasteiger partial charge on any atom is 0.177 e. The largest absolute Gasteiger partial charge is 0.177 e. The summed E-state index contributed by atoms with van der Waals surface area (Å²) in [6.07, 6.45) is 0. The minimum atomic E-state index is 1.28. The van der Waals surface area contributed by atoms with Crippen LogP contribution in [0.15, 0.2) is 42.5 Å². The van der Waals surface area contributed by atoms with Crippen LogP contribution in [0.2, 0.25) is 0 Å². The fraction of sp³-hybridized carbons (Fsp3) is 0.250. The zero-order valence-electron chi connectivity index (χ0n) is 16.1. The molecule has 0 unspecified atom stereocenters. The van der Waals surface area contributed by atoms with E-state index in [0.717, 1.165) is 0 Å². The summed E-state index contributed by atoms with van der Waals surface area (Å²) in [5, 5.41) is 0. The van der Waals surface area contributed by atoms with Crippen LogP contribution in [-0.4, -0.2) is 16.3 Å². The van der Waals surface area contributed by atoms with Crippen LogP contribution in [0.4, 0.5) is 0 Å². The fourth-order valence-corrected chi connectivity index (χ4v) is 4.69. The van der Waals surface area contributed by atoms with Crippen molar-refractivity contribution >= 4 is 20.7 Å². The molecule has 0 spiro atoms. The Kier molecular flexibility index (Phi) is 4.92. The molecule has 0 nitrogen and oxygen atoms in total. The average molecular weight is 340 g/mol. The highest BCUT2D eigenvalue weighted by atomic mass is 27.0. The fourth-order valence-electron chi connectivity index (χ4n) is 4.21. The standard InChI is InChI=1S/C24H25.Al/c1-15-10-17(3)23(18(4)11-15)21-8-7-9-22(14-21)24-19(5)12-16(2)13-20(24)6;/h7-13H,1-6H3;. The first kappa shape index (κ1) is 18.0. The Bertz CT molecular complexity index is 842. The van der Waals surface area contributed by atoms with Gasteiger partial charge in [0, 0.05) is 0 Å². The minimum Gasteiger partial charge on any atom is -0.124 e. The van der Waals surface area contributed by atoms with Crippen LogP contribution in [0.25, 0.3) is 22.3 Å². The molecule has 2 radical (unpaired) electrons. The van der Waals surface area contributed by atoms with E-state index in [9.17, 15) is 0 Å². The van der Waals surface area contributed by atoms with Crippen molar-refractivity contribution in [3.8, 4) is 22.3 Å². The number of rotatable bonds is 2. The van der Waals surface area contributed by atoms with E-state index in [0.29, 0.717) is 0 Å². The molecule has 0 amide bonds. The monoisotopic (exact) mass is 340 g/mol. The van der Waals surface area contributed by atoms with E-state index < -0.39 is 0 Å². The lowest BCUT2D eigenvalue weighted by Crippen LogP contribution is -2.13. The third kappa shape index (κ3) is 3.32. The number of aryl methyl sites for hydroxylation is 6. The molecule has 3 aromatic rings. The molecule has 0 atom stereocenters.